The van der Waals surface area contributed by atoms with Gasteiger partial charge in [0.25, 0.3) is 0 Å². The number of nitrogens with zero attached hydrogens (tertiary/aromatic N) is 1. The summed E-state index contributed by atoms with van der Waals surface area (Å²) in [6.45, 7) is 0.300. The molecule has 0 aliphatic carbocycles. The van der Waals surface area contributed by atoms with Gasteiger partial charge in [0.05, 0.1) is 23.9 Å². The smallest absolute Gasteiger partial charge is 0.242 e. The Bertz CT molecular complexity index is 558. The van der Waals surface area contributed by atoms with Gasteiger partial charge in [-0.05, 0) is 31.4 Å². The minimum Gasteiger partial charge on any atom is -0.373 e. The number of ether oxygens (including phenoxy) is 1. The van der Waals surface area contributed by atoms with Gasteiger partial charge in [0.1, 0.15) is 4.90 Å². The van der Waals surface area contributed by atoms with Crippen molar-refractivity contribution in [2.24, 2.45) is 5.73 Å². The number of rotatable bonds is 4. The third-order valence-corrected chi connectivity index (χ3v) is 5.20. The summed E-state index contributed by atoms with van der Waals surface area (Å²) in [6, 6.07) is 3.05. The van der Waals surface area contributed by atoms with Crippen LogP contribution in [0.1, 0.15) is 25.0 Å². The Morgan fingerprint density at radius 1 is 1.42 bits per heavy atom. The fourth-order valence-electron chi connectivity index (χ4n) is 2.72. The predicted molar refractivity (Wildman–Crippen MR) is 68.7 cm³/mol. The molecular formula is C12H17N3O3S. The second-order valence-corrected chi connectivity index (χ2v) is 6.74. The zero-order valence-corrected chi connectivity index (χ0v) is 11.3. The molecule has 19 heavy (non-hydrogen) atoms. The Balaban J connectivity index is 1.75. The molecule has 2 saturated heterocycles. The van der Waals surface area contributed by atoms with E-state index in [0.29, 0.717) is 12.2 Å². The van der Waals surface area contributed by atoms with Gasteiger partial charge in [-0.1, -0.05) is 0 Å². The molecule has 2 aliphatic rings. The predicted octanol–water partition coefficient (Wildman–Crippen LogP) is 0.139. The molecule has 6 nitrogen and oxygen atoms in total. The van der Waals surface area contributed by atoms with Crippen LogP contribution in [0.4, 0.5) is 0 Å². The lowest BCUT2D eigenvalue weighted by Gasteiger charge is -2.19. The van der Waals surface area contributed by atoms with E-state index < -0.39 is 10.0 Å². The van der Waals surface area contributed by atoms with E-state index in [-0.39, 0.29) is 23.1 Å². The van der Waals surface area contributed by atoms with E-state index in [2.05, 4.69) is 9.71 Å². The van der Waals surface area contributed by atoms with E-state index in [1.54, 1.807) is 6.07 Å². The van der Waals surface area contributed by atoms with Crippen LogP contribution < -0.4 is 10.5 Å². The van der Waals surface area contributed by atoms with Gasteiger partial charge in [0.15, 0.2) is 0 Å². The van der Waals surface area contributed by atoms with Gasteiger partial charge in [-0.2, -0.15) is 0 Å². The van der Waals surface area contributed by atoms with Crippen LogP contribution in [0, 0.1) is 0 Å². The van der Waals surface area contributed by atoms with Gasteiger partial charge in [-0.25, -0.2) is 13.1 Å². The van der Waals surface area contributed by atoms with E-state index in [4.69, 9.17) is 10.5 Å². The first-order valence-electron chi connectivity index (χ1n) is 6.41. The highest BCUT2D eigenvalue weighted by Gasteiger charge is 2.42. The highest BCUT2D eigenvalue weighted by Crippen LogP contribution is 2.34. The number of fused-ring (bicyclic) bond motifs is 2. The number of hydrogen-bond acceptors (Lipinski definition) is 5. The number of hydrogen-bond donors (Lipinski definition) is 2. The van der Waals surface area contributed by atoms with Crippen molar-refractivity contribution >= 4 is 10.0 Å². The van der Waals surface area contributed by atoms with E-state index in [1.807, 2.05) is 0 Å². The van der Waals surface area contributed by atoms with Crippen LogP contribution >= 0.6 is 0 Å². The molecule has 3 rings (SSSR count). The maximum atomic E-state index is 12.2. The molecule has 3 unspecified atom stereocenters. The molecule has 0 amide bonds. The zero-order chi connectivity index (χ0) is 13.5. The Kier molecular flexibility index (Phi) is 3.30. The summed E-state index contributed by atoms with van der Waals surface area (Å²) in [7, 11) is -3.52. The molecule has 0 aromatic carbocycles. The van der Waals surface area contributed by atoms with Gasteiger partial charge < -0.3 is 10.5 Å². The maximum absolute atomic E-state index is 12.2. The van der Waals surface area contributed by atoms with Gasteiger partial charge in [-0.3, -0.25) is 4.98 Å². The molecule has 3 N–H and O–H groups in total. The lowest BCUT2D eigenvalue weighted by molar-refractivity contribution is 0.0996. The van der Waals surface area contributed by atoms with Crippen molar-refractivity contribution in [3.63, 3.8) is 0 Å². The van der Waals surface area contributed by atoms with Gasteiger partial charge >= 0.3 is 0 Å². The van der Waals surface area contributed by atoms with Crippen LogP contribution in [-0.4, -0.2) is 31.7 Å². The van der Waals surface area contributed by atoms with Crippen molar-refractivity contribution < 1.29 is 13.2 Å². The van der Waals surface area contributed by atoms with Gasteiger partial charge in [-0.15, -0.1) is 0 Å². The third kappa shape index (κ3) is 2.51. The van der Waals surface area contributed by atoms with Crippen molar-refractivity contribution in [2.75, 3.05) is 0 Å². The monoisotopic (exact) mass is 283 g/mol. The number of sulfonamides is 1. The summed E-state index contributed by atoms with van der Waals surface area (Å²) >= 11 is 0. The quantitative estimate of drug-likeness (QED) is 0.819. The molecule has 0 saturated carbocycles. The first-order chi connectivity index (χ1) is 9.08. The second-order valence-electron chi connectivity index (χ2n) is 5.03. The van der Waals surface area contributed by atoms with Gasteiger partial charge in [0, 0.05) is 12.7 Å². The molecule has 2 bridgehead atoms. The fourth-order valence-corrected chi connectivity index (χ4v) is 3.94. The van der Waals surface area contributed by atoms with Crippen LogP contribution in [0.2, 0.25) is 0 Å². The molecular weight excluding hydrogens is 266 g/mol. The lowest BCUT2D eigenvalue weighted by atomic mass is 9.96. The highest BCUT2D eigenvalue weighted by atomic mass is 32.2. The van der Waals surface area contributed by atoms with Gasteiger partial charge in [0.2, 0.25) is 10.0 Å². The Morgan fingerprint density at radius 2 is 2.26 bits per heavy atom. The molecule has 1 aromatic rings. The molecule has 3 heterocycles. The molecule has 2 fully saturated rings. The molecule has 3 atom stereocenters. The lowest BCUT2D eigenvalue weighted by Crippen LogP contribution is -2.41. The molecule has 0 spiro atoms. The van der Waals surface area contributed by atoms with Crippen molar-refractivity contribution in [1.29, 1.82) is 0 Å². The van der Waals surface area contributed by atoms with E-state index in [9.17, 15) is 8.42 Å². The van der Waals surface area contributed by atoms with Crippen molar-refractivity contribution in [2.45, 2.75) is 49.0 Å². The summed E-state index contributed by atoms with van der Waals surface area (Å²) < 4.78 is 32.8. The van der Waals surface area contributed by atoms with Crippen LogP contribution in [0.25, 0.3) is 0 Å². The number of nitrogens with two attached hydrogens (primary N) is 1. The maximum Gasteiger partial charge on any atom is 0.242 e. The molecule has 104 valence electrons. The standard InChI is InChI=1S/C12H17N3O3S/c13-6-8-1-3-10(7-14-8)19(16,17)15-11-5-9-2-4-12(11)18-9/h1,3,7,9,11-12,15H,2,4-6,13H2. The summed E-state index contributed by atoms with van der Waals surface area (Å²) in [5.74, 6) is 0. The summed E-state index contributed by atoms with van der Waals surface area (Å²) in [5, 5.41) is 0. The average molecular weight is 283 g/mol. The number of nitrogens with one attached hydrogen (secondary N) is 1. The second kappa shape index (κ2) is 4.82. The van der Waals surface area contributed by atoms with Crippen molar-refractivity contribution in [3.8, 4) is 0 Å². The topological polar surface area (TPSA) is 94.3 Å². The minimum atomic E-state index is -3.52. The van der Waals surface area contributed by atoms with E-state index in [1.165, 1.54) is 12.3 Å². The molecule has 0 radical (unpaired) electrons. The van der Waals surface area contributed by atoms with Crippen LogP contribution in [0.3, 0.4) is 0 Å². The van der Waals surface area contributed by atoms with Crippen LogP contribution in [-0.2, 0) is 21.3 Å². The number of aromatic nitrogens is 1. The van der Waals surface area contributed by atoms with Crippen LogP contribution in [0.15, 0.2) is 23.2 Å². The first kappa shape index (κ1) is 13.0. The molecule has 7 heteroatoms. The SMILES string of the molecule is NCc1ccc(S(=O)(=O)NC2CC3CCC2O3)cn1. The normalized spacial score (nSPS) is 29.8. The van der Waals surface area contributed by atoms with Crippen LogP contribution in [0.5, 0.6) is 0 Å². The summed E-state index contributed by atoms with van der Waals surface area (Å²) in [5.41, 5.74) is 6.11. The Hall–Kier alpha value is -1.02. The Labute approximate surface area is 112 Å². The third-order valence-electron chi connectivity index (χ3n) is 3.73. The van der Waals surface area contributed by atoms with Crippen molar-refractivity contribution in [1.82, 2.24) is 9.71 Å². The Morgan fingerprint density at radius 3 is 2.79 bits per heavy atom. The summed E-state index contributed by atoms with van der Waals surface area (Å²) in [4.78, 5) is 4.18. The number of pyridine rings is 1. The minimum absolute atomic E-state index is 0.0241. The summed E-state index contributed by atoms with van der Waals surface area (Å²) in [6.07, 6.45) is 4.32. The highest BCUT2D eigenvalue weighted by molar-refractivity contribution is 7.89. The zero-order valence-electron chi connectivity index (χ0n) is 10.5. The average Bonchev–Trinajstić information content (AvgIpc) is 3.00. The fraction of sp³-hybridized carbons (Fsp3) is 0.583. The molecule has 1 aromatic heterocycles. The first-order valence-corrected chi connectivity index (χ1v) is 7.89. The van der Waals surface area contributed by atoms with E-state index in [0.717, 1.165) is 19.3 Å². The van der Waals surface area contributed by atoms with Crippen molar-refractivity contribution in [3.05, 3.63) is 24.0 Å². The van der Waals surface area contributed by atoms with E-state index >= 15 is 0 Å². The molecule has 2 aliphatic heterocycles. The largest absolute Gasteiger partial charge is 0.373 e.